The summed E-state index contributed by atoms with van der Waals surface area (Å²) in [7, 11) is 0. The van der Waals surface area contributed by atoms with Crippen LogP contribution in [0.15, 0.2) is 0 Å². The first-order valence-corrected chi connectivity index (χ1v) is 7.65. The Morgan fingerprint density at radius 2 is 2.00 bits per heavy atom. The molecule has 2 saturated carbocycles. The summed E-state index contributed by atoms with van der Waals surface area (Å²) in [5.74, 6) is 2.33. The second-order valence-electron chi connectivity index (χ2n) is 5.45. The number of fused-ring (bicyclic) bond motifs is 1. The summed E-state index contributed by atoms with van der Waals surface area (Å²) in [5, 5.41) is 0.987. The normalized spacial score (nSPS) is 31.6. The molecule has 2 unspecified atom stereocenters. The molecule has 0 radical (unpaired) electrons. The number of alkyl halides is 1. The smallest absolute Gasteiger partial charge is 0.226 e. The van der Waals surface area contributed by atoms with Gasteiger partial charge >= 0.3 is 0 Å². The molecular formula is C13H22BrNO. The number of amides is 1. The van der Waals surface area contributed by atoms with Crippen molar-refractivity contribution >= 4 is 21.8 Å². The van der Waals surface area contributed by atoms with E-state index in [1.807, 2.05) is 0 Å². The SMILES string of the molecule is CC(C)N(CCCBr)C(=O)C1C2CCCC21. The molecule has 16 heavy (non-hydrogen) atoms. The van der Waals surface area contributed by atoms with Crippen molar-refractivity contribution < 1.29 is 4.79 Å². The molecule has 2 atom stereocenters. The minimum atomic E-state index is 0.355. The predicted octanol–water partition coefficient (Wildman–Crippen LogP) is 3.05. The molecule has 92 valence electrons. The highest BCUT2D eigenvalue weighted by atomic mass is 79.9. The van der Waals surface area contributed by atoms with Crippen molar-refractivity contribution in [1.29, 1.82) is 0 Å². The molecule has 0 spiro atoms. The molecule has 0 aliphatic heterocycles. The standard InChI is InChI=1S/C13H22BrNO/c1-9(2)15(8-4-7-14)13(16)12-10-5-3-6-11(10)12/h9-12H,3-8H2,1-2H3. The number of halogens is 1. The van der Waals surface area contributed by atoms with Crippen molar-refractivity contribution in [3.63, 3.8) is 0 Å². The molecular weight excluding hydrogens is 266 g/mol. The number of nitrogens with zero attached hydrogens (tertiary/aromatic N) is 1. The third-order valence-corrected chi connectivity index (χ3v) is 4.69. The van der Waals surface area contributed by atoms with Gasteiger partial charge in [0.1, 0.15) is 0 Å². The molecule has 0 saturated heterocycles. The van der Waals surface area contributed by atoms with E-state index in [-0.39, 0.29) is 0 Å². The summed E-state index contributed by atoms with van der Waals surface area (Å²) in [5.41, 5.74) is 0. The van der Waals surface area contributed by atoms with Crippen molar-refractivity contribution in [3.8, 4) is 0 Å². The molecule has 0 heterocycles. The van der Waals surface area contributed by atoms with Gasteiger partial charge in [0.2, 0.25) is 5.91 Å². The largest absolute Gasteiger partial charge is 0.340 e. The predicted molar refractivity (Wildman–Crippen MR) is 69.6 cm³/mol. The second kappa shape index (κ2) is 5.07. The van der Waals surface area contributed by atoms with Gasteiger partial charge in [-0.1, -0.05) is 22.4 Å². The van der Waals surface area contributed by atoms with Crippen LogP contribution in [0.2, 0.25) is 0 Å². The van der Waals surface area contributed by atoms with Crippen LogP contribution in [0.1, 0.15) is 39.5 Å². The van der Waals surface area contributed by atoms with Crippen LogP contribution in [-0.4, -0.2) is 28.7 Å². The van der Waals surface area contributed by atoms with Crippen LogP contribution in [0, 0.1) is 17.8 Å². The maximum Gasteiger partial charge on any atom is 0.226 e. The van der Waals surface area contributed by atoms with Crippen LogP contribution >= 0.6 is 15.9 Å². The number of hydrogen-bond donors (Lipinski definition) is 0. The maximum absolute atomic E-state index is 12.4. The molecule has 2 nitrogen and oxygen atoms in total. The lowest BCUT2D eigenvalue weighted by molar-refractivity contribution is -0.135. The van der Waals surface area contributed by atoms with E-state index in [0.29, 0.717) is 17.9 Å². The Labute approximate surface area is 107 Å². The Balaban J connectivity index is 1.90. The maximum atomic E-state index is 12.4. The lowest BCUT2D eigenvalue weighted by Crippen LogP contribution is -2.39. The van der Waals surface area contributed by atoms with Crippen molar-refractivity contribution in [2.24, 2.45) is 17.8 Å². The highest BCUT2D eigenvalue weighted by Gasteiger charge is 2.57. The number of hydrogen-bond acceptors (Lipinski definition) is 1. The Morgan fingerprint density at radius 3 is 2.50 bits per heavy atom. The van der Waals surface area contributed by atoms with Gasteiger partial charge in [-0.15, -0.1) is 0 Å². The molecule has 3 heteroatoms. The Morgan fingerprint density at radius 1 is 1.38 bits per heavy atom. The first-order chi connectivity index (χ1) is 7.66. The summed E-state index contributed by atoms with van der Waals surface area (Å²) >= 11 is 3.44. The van der Waals surface area contributed by atoms with Crippen LogP contribution < -0.4 is 0 Å². The van der Waals surface area contributed by atoms with Crippen LogP contribution in [-0.2, 0) is 4.79 Å². The Bertz CT molecular complexity index is 257. The summed E-state index contributed by atoms with van der Waals surface area (Å²) in [6.07, 6.45) is 5.01. The fourth-order valence-electron chi connectivity index (χ4n) is 3.23. The highest BCUT2D eigenvalue weighted by Crippen LogP contribution is 2.58. The topological polar surface area (TPSA) is 20.3 Å². The summed E-state index contributed by atoms with van der Waals surface area (Å²) in [4.78, 5) is 14.5. The van der Waals surface area contributed by atoms with E-state index in [1.54, 1.807) is 0 Å². The zero-order chi connectivity index (χ0) is 11.7. The van der Waals surface area contributed by atoms with Gasteiger partial charge in [0.15, 0.2) is 0 Å². The first-order valence-electron chi connectivity index (χ1n) is 6.53. The molecule has 0 aromatic heterocycles. The average Bonchev–Trinajstić information content (AvgIpc) is 2.72. The molecule has 2 fully saturated rings. The molecule has 0 bridgehead atoms. The van der Waals surface area contributed by atoms with Crippen molar-refractivity contribution in [2.45, 2.75) is 45.6 Å². The summed E-state index contributed by atoms with van der Waals surface area (Å²) < 4.78 is 0. The fraction of sp³-hybridized carbons (Fsp3) is 0.923. The van der Waals surface area contributed by atoms with Crippen LogP contribution in [0.5, 0.6) is 0 Å². The van der Waals surface area contributed by atoms with Gasteiger partial charge in [0.05, 0.1) is 0 Å². The lowest BCUT2D eigenvalue weighted by atomic mass is 10.1. The third-order valence-electron chi connectivity index (χ3n) is 4.13. The van der Waals surface area contributed by atoms with Gasteiger partial charge in [-0.3, -0.25) is 4.79 Å². The van der Waals surface area contributed by atoms with Crippen LogP contribution in [0.3, 0.4) is 0 Å². The van der Waals surface area contributed by atoms with Gasteiger partial charge in [-0.25, -0.2) is 0 Å². The second-order valence-corrected chi connectivity index (χ2v) is 6.25. The van der Waals surface area contributed by atoms with Crippen molar-refractivity contribution in [1.82, 2.24) is 4.90 Å². The van der Waals surface area contributed by atoms with E-state index in [1.165, 1.54) is 19.3 Å². The van der Waals surface area contributed by atoms with E-state index in [9.17, 15) is 4.79 Å². The molecule has 2 rings (SSSR count). The average molecular weight is 288 g/mol. The minimum absolute atomic E-state index is 0.355. The zero-order valence-corrected chi connectivity index (χ0v) is 11.9. The zero-order valence-electron chi connectivity index (χ0n) is 10.3. The summed E-state index contributed by atoms with van der Waals surface area (Å²) in [6, 6.07) is 0.355. The van der Waals surface area contributed by atoms with Crippen molar-refractivity contribution in [2.75, 3.05) is 11.9 Å². The lowest BCUT2D eigenvalue weighted by Gasteiger charge is -2.27. The van der Waals surface area contributed by atoms with Crippen LogP contribution in [0.4, 0.5) is 0 Å². The highest BCUT2D eigenvalue weighted by molar-refractivity contribution is 9.09. The molecule has 0 aromatic carbocycles. The molecule has 1 amide bonds. The monoisotopic (exact) mass is 287 g/mol. The van der Waals surface area contributed by atoms with E-state index in [0.717, 1.165) is 30.1 Å². The molecule has 0 N–H and O–H groups in total. The van der Waals surface area contributed by atoms with E-state index >= 15 is 0 Å². The van der Waals surface area contributed by atoms with Gasteiger partial charge < -0.3 is 4.90 Å². The first kappa shape index (κ1) is 12.4. The van der Waals surface area contributed by atoms with E-state index in [4.69, 9.17) is 0 Å². The summed E-state index contributed by atoms with van der Waals surface area (Å²) in [6.45, 7) is 5.17. The number of rotatable bonds is 5. The number of carbonyl (C=O) groups is 1. The van der Waals surface area contributed by atoms with Gasteiger partial charge in [0, 0.05) is 23.8 Å². The van der Waals surface area contributed by atoms with Gasteiger partial charge in [-0.05, 0) is 44.9 Å². The fourth-order valence-corrected chi connectivity index (χ4v) is 3.48. The Hall–Kier alpha value is -0.0500. The van der Waals surface area contributed by atoms with Gasteiger partial charge in [0.25, 0.3) is 0 Å². The van der Waals surface area contributed by atoms with Crippen molar-refractivity contribution in [3.05, 3.63) is 0 Å². The molecule has 0 aromatic rings. The number of carbonyl (C=O) groups excluding carboxylic acids is 1. The minimum Gasteiger partial charge on any atom is -0.340 e. The quantitative estimate of drug-likeness (QED) is 0.712. The van der Waals surface area contributed by atoms with E-state index in [2.05, 4.69) is 34.7 Å². The Kier molecular flexibility index (Phi) is 3.93. The van der Waals surface area contributed by atoms with E-state index < -0.39 is 0 Å². The van der Waals surface area contributed by atoms with Gasteiger partial charge in [-0.2, -0.15) is 0 Å². The van der Waals surface area contributed by atoms with Crippen LogP contribution in [0.25, 0.3) is 0 Å². The molecule has 2 aliphatic rings. The molecule has 2 aliphatic carbocycles. The third kappa shape index (κ3) is 2.29.